The van der Waals surface area contributed by atoms with Crippen LogP contribution in [0.2, 0.25) is 0 Å². The van der Waals surface area contributed by atoms with Gasteiger partial charge in [-0.05, 0) is 56.2 Å². The molecule has 0 aromatic heterocycles. The number of hydrogen-bond donors (Lipinski definition) is 4. The predicted octanol–water partition coefficient (Wildman–Crippen LogP) is 0.299. The van der Waals surface area contributed by atoms with Crippen LogP contribution in [-0.2, 0) is 14.4 Å². The van der Waals surface area contributed by atoms with Gasteiger partial charge in [0, 0.05) is 0 Å². The number of amides is 2. The third-order valence-electron chi connectivity index (χ3n) is 3.85. The summed E-state index contributed by atoms with van der Waals surface area (Å²) in [5.41, 5.74) is 0. The Balaban J connectivity index is 2.64. The van der Waals surface area contributed by atoms with Crippen molar-refractivity contribution in [2.45, 2.75) is 43.8 Å². The third-order valence-corrected chi connectivity index (χ3v) is 5.13. The van der Waals surface area contributed by atoms with Gasteiger partial charge in [0.15, 0.2) is 0 Å². The number of carboxylic acid groups (broad SMARTS) is 1. The first-order valence-corrected chi connectivity index (χ1v) is 10.8. The van der Waals surface area contributed by atoms with E-state index in [0.29, 0.717) is 24.3 Å². The lowest BCUT2D eigenvalue weighted by Crippen LogP contribution is -2.54. The van der Waals surface area contributed by atoms with Gasteiger partial charge in [-0.2, -0.15) is 23.5 Å². The average Bonchev–Trinajstić information content (AvgIpc) is 3.09. The molecule has 4 N–H and O–H groups in total. The molecule has 7 nitrogen and oxygen atoms in total. The maximum absolute atomic E-state index is 12.5. The van der Waals surface area contributed by atoms with Crippen molar-refractivity contribution >= 4 is 41.3 Å². The minimum absolute atomic E-state index is 0.190. The Hall–Kier alpha value is -0.930. The summed E-state index contributed by atoms with van der Waals surface area (Å²) in [4.78, 5) is 36.0. The summed E-state index contributed by atoms with van der Waals surface area (Å²) in [6.07, 6.45) is 6.34. The molecule has 0 aromatic rings. The van der Waals surface area contributed by atoms with Gasteiger partial charge in [0.05, 0.1) is 6.04 Å². The lowest BCUT2D eigenvalue weighted by atomic mass is 10.1. The van der Waals surface area contributed by atoms with E-state index in [1.54, 1.807) is 11.8 Å². The highest BCUT2D eigenvalue weighted by Crippen LogP contribution is 2.08. The first kappa shape index (κ1) is 21.1. The van der Waals surface area contributed by atoms with Gasteiger partial charge in [-0.25, -0.2) is 4.79 Å². The van der Waals surface area contributed by atoms with Crippen LogP contribution in [0.1, 0.15) is 25.7 Å². The van der Waals surface area contributed by atoms with Crippen molar-refractivity contribution in [3.8, 4) is 0 Å². The zero-order valence-corrected chi connectivity index (χ0v) is 15.8. The zero-order chi connectivity index (χ0) is 17.9. The normalized spacial score (nSPS) is 19.5. The molecule has 2 amide bonds. The van der Waals surface area contributed by atoms with Gasteiger partial charge in [-0.1, -0.05) is 0 Å². The topological polar surface area (TPSA) is 108 Å². The fourth-order valence-corrected chi connectivity index (χ4v) is 3.39. The van der Waals surface area contributed by atoms with Crippen LogP contribution in [0.15, 0.2) is 0 Å². The molecule has 0 aliphatic carbocycles. The van der Waals surface area contributed by atoms with Crippen LogP contribution in [0, 0.1) is 0 Å². The van der Waals surface area contributed by atoms with Gasteiger partial charge < -0.3 is 21.1 Å². The number of carboxylic acids is 1. The average molecular weight is 378 g/mol. The van der Waals surface area contributed by atoms with Crippen LogP contribution in [0.4, 0.5) is 0 Å². The number of hydrogen-bond acceptors (Lipinski definition) is 6. The lowest BCUT2D eigenvalue weighted by molar-refractivity contribution is -0.142. The molecule has 1 saturated heterocycles. The van der Waals surface area contributed by atoms with Crippen molar-refractivity contribution in [2.75, 3.05) is 30.6 Å². The van der Waals surface area contributed by atoms with E-state index in [1.807, 2.05) is 12.5 Å². The van der Waals surface area contributed by atoms with Crippen molar-refractivity contribution in [2.24, 2.45) is 0 Å². The Labute approximate surface area is 151 Å². The highest BCUT2D eigenvalue weighted by atomic mass is 32.2. The standard InChI is InChI=1S/C15H27N3O4S2/c1-23-8-5-11(17-13(19)10-4-3-7-16-10)14(20)18-12(15(21)22)6-9-24-2/h10-12,16H,3-9H2,1-2H3,(H,17,19)(H,18,20)(H,21,22)/t10-,11-,12-/m0/s1. The van der Waals surface area contributed by atoms with Crippen LogP contribution in [0.25, 0.3) is 0 Å². The maximum Gasteiger partial charge on any atom is 0.326 e. The first-order chi connectivity index (χ1) is 11.5. The van der Waals surface area contributed by atoms with Gasteiger partial charge in [0.1, 0.15) is 12.1 Å². The Kier molecular flexibility index (Phi) is 10.2. The first-order valence-electron chi connectivity index (χ1n) is 8.04. The van der Waals surface area contributed by atoms with E-state index in [4.69, 9.17) is 0 Å². The summed E-state index contributed by atoms with van der Waals surface area (Å²) < 4.78 is 0. The minimum atomic E-state index is -1.05. The van der Waals surface area contributed by atoms with Gasteiger partial charge in [-0.3, -0.25) is 9.59 Å². The summed E-state index contributed by atoms with van der Waals surface area (Å²) >= 11 is 3.11. The van der Waals surface area contributed by atoms with Gasteiger partial charge >= 0.3 is 5.97 Å². The molecule has 9 heteroatoms. The van der Waals surface area contributed by atoms with Gasteiger partial charge in [-0.15, -0.1) is 0 Å². The SMILES string of the molecule is CSCC[C@H](NC(=O)[C@H](CCSC)NC(=O)[C@@H]1CCCN1)C(=O)O. The molecule has 1 rings (SSSR count). The monoisotopic (exact) mass is 377 g/mol. The van der Waals surface area contributed by atoms with E-state index >= 15 is 0 Å². The second-order valence-corrected chi connectivity index (χ2v) is 7.64. The molecule has 0 saturated carbocycles. The third kappa shape index (κ3) is 7.31. The summed E-state index contributed by atoms with van der Waals surface area (Å²) in [6.45, 7) is 0.801. The zero-order valence-electron chi connectivity index (χ0n) is 14.2. The maximum atomic E-state index is 12.5. The van der Waals surface area contributed by atoms with Crippen molar-refractivity contribution in [1.82, 2.24) is 16.0 Å². The molecule has 0 radical (unpaired) electrons. The number of rotatable bonds is 11. The minimum Gasteiger partial charge on any atom is -0.480 e. The van der Waals surface area contributed by atoms with Crippen LogP contribution < -0.4 is 16.0 Å². The molecular formula is C15H27N3O4S2. The molecule has 0 bridgehead atoms. The predicted molar refractivity (Wildman–Crippen MR) is 98.5 cm³/mol. The Morgan fingerprint density at radius 1 is 1.12 bits per heavy atom. The summed E-state index contributed by atoms with van der Waals surface area (Å²) in [5.74, 6) is -0.317. The molecule has 138 valence electrons. The molecule has 1 aliphatic rings. The van der Waals surface area contributed by atoms with E-state index in [9.17, 15) is 19.5 Å². The van der Waals surface area contributed by atoms with Crippen LogP contribution in [0.3, 0.4) is 0 Å². The summed E-state index contributed by atoms with van der Waals surface area (Å²) in [6, 6.07) is -1.90. The number of carbonyl (C=O) groups is 3. The molecule has 24 heavy (non-hydrogen) atoms. The van der Waals surface area contributed by atoms with Crippen molar-refractivity contribution in [3.63, 3.8) is 0 Å². The second-order valence-electron chi connectivity index (χ2n) is 5.67. The number of thioether (sulfide) groups is 2. The van der Waals surface area contributed by atoms with E-state index in [0.717, 1.165) is 19.4 Å². The van der Waals surface area contributed by atoms with Crippen molar-refractivity contribution in [1.29, 1.82) is 0 Å². The van der Waals surface area contributed by atoms with E-state index in [2.05, 4.69) is 16.0 Å². The fraction of sp³-hybridized carbons (Fsp3) is 0.800. The van der Waals surface area contributed by atoms with Gasteiger partial charge in [0.25, 0.3) is 0 Å². The quantitative estimate of drug-likeness (QED) is 0.410. The number of aliphatic carboxylic acids is 1. The van der Waals surface area contributed by atoms with E-state index in [-0.39, 0.29) is 11.9 Å². The highest BCUT2D eigenvalue weighted by molar-refractivity contribution is 7.98. The van der Waals surface area contributed by atoms with Crippen LogP contribution in [-0.4, -0.2) is 71.6 Å². The molecule has 0 spiro atoms. The highest BCUT2D eigenvalue weighted by Gasteiger charge is 2.29. The number of carbonyl (C=O) groups excluding carboxylic acids is 2. The molecule has 3 atom stereocenters. The fourth-order valence-electron chi connectivity index (χ4n) is 2.45. The van der Waals surface area contributed by atoms with E-state index < -0.39 is 24.0 Å². The number of nitrogens with one attached hydrogen (secondary N) is 3. The van der Waals surface area contributed by atoms with Crippen molar-refractivity contribution < 1.29 is 19.5 Å². The van der Waals surface area contributed by atoms with Crippen LogP contribution in [0.5, 0.6) is 0 Å². The smallest absolute Gasteiger partial charge is 0.326 e. The summed E-state index contributed by atoms with van der Waals surface area (Å²) in [7, 11) is 0. The molecule has 1 fully saturated rings. The van der Waals surface area contributed by atoms with Crippen molar-refractivity contribution in [3.05, 3.63) is 0 Å². The molecule has 0 unspecified atom stereocenters. The largest absolute Gasteiger partial charge is 0.480 e. The Bertz CT molecular complexity index is 431. The molecular weight excluding hydrogens is 350 g/mol. The van der Waals surface area contributed by atoms with Crippen LogP contribution >= 0.6 is 23.5 Å². The molecule has 1 heterocycles. The lowest BCUT2D eigenvalue weighted by Gasteiger charge is -2.22. The second kappa shape index (κ2) is 11.6. The Morgan fingerprint density at radius 3 is 2.25 bits per heavy atom. The Morgan fingerprint density at radius 2 is 1.75 bits per heavy atom. The molecule has 0 aromatic carbocycles. The van der Waals surface area contributed by atoms with E-state index in [1.165, 1.54) is 11.8 Å². The van der Waals surface area contributed by atoms with Gasteiger partial charge in [0.2, 0.25) is 11.8 Å². The molecule has 1 aliphatic heterocycles. The summed E-state index contributed by atoms with van der Waals surface area (Å²) in [5, 5.41) is 17.7.